The molecule has 0 aliphatic rings. The van der Waals surface area contributed by atoms with E-state index in [-0.39, 0.29) is 7.43 Å². The summed E-state index contributed by atoms with van der Waals surface area (Å²) in [6.45, 7) is 0. The molecule has 3 N–H and O–H groups in total. The fourth-order valence-corrected chi connectivity index (χ4v) is 2.27. The maximum absolute atomic E-state index is 11.0. The summed E-state index contributed by atoms with van der Waals surface area (Å²) in [5, 5.41) is 2.70. The van der Waals surface area contributed by atoms with Crippen LogP contribution in [0.1, 0.15) is 28.1 Å². The zero-order valence-electron chi connectivity index (χ0n) is 14.7. The van der Waals surface area contributed by atoms with Gasteiger partial charge in [0, 0.05) is 11.3 Å². The molecule has 0 saturated heterocycles. The Bertz CT molecular complexity index is 897. The van der Waals surface area contributed by atoms with E-state index in [4.69, 9.17) is 17.3 Å². The van der Waals surface area contributed by atoms with Gasteiger partial charge in [-0.05, 0) is 60.1 Å². The fraction of sp³-hybridized carbons (Fsp3) is 0.0909. The molecule has 0 atom stereocenters. The number of halogens is 1. The Morgan fingerprint density at radius 2 is 1.39 bits per heavy atom. The molecule has 0 saturated carbocycles. The van der Waals surface area contributed by atoms with Crippen LogP contribution >= 0.6 is 11.6 Å². The van der Waals surface area contributed by atoms with Gasteiger partial charge in [-0.3, -0.25) is 4.79 Å². The highest BCUT2D eigenvalue weighted by atomic mass is 35.5. The first-order valence-corrected chi connectivity index (χ1v) is 8.44. The molecule has 0 radical (unpaired) electrons. The number of hydrogen-bond donors (Lipinski definition) is 2. The predicted octanol–water partition coefficient (Wildman–Crippen LogP) is 5.50. The highest BCUT2D eigenvalue weighted by molar-refractivity contribution is 6.67. The SMILES string of the molecule is C.COC(=O)c1ccc(C(=O)Cl)cc1.Nc1ccccc1Nc1ccccc1. The number of benzene rings is 3. The summed E-state index contributed by atoms with van der Waals surface area (Å²) in [6, 6.07) is 23.6. The molecule has 0 amide bonds. The summed E-state index contributed by atoms with van der Waals surface area (Å²) in [6.07, 6.45) is 0. The molecule has 5 nitrogen and oxygen atoms in total. The summed E-state index contributed by atoms with van der Waals surface area (Å²) < 4.78 is 4.48. The lowest BCUT2D eigenvalue weighted by Gasteiger charge is -2.08. The van der Waals surface area contributed by atoms with Crippen molar-refractivity contribution < 1.29 is 14.3 Å². The Hall–Kier alpha value is -3.31. The van der Waals surface area contributed by atoms with Gasteiger partial charge in [0.1, 0.15) is 0 Å². The van der Waals surface area contributed by atoms with E-state index in [1.54, 1.807) is 0 Å². The van der Waals surface area contributed by atoms with Crippen LogP contribution in [0.15, 0.2) is 78.9 Å². The van der Waals surface area contributed by atoms with Crippen LogP contribution in [0.3, 0.4) is 0 Å². The lowest BCUT2D eigenvalue weighted by molar-refractivity contribution is 0.0600. The van der Waals surface area contributed by atoms with Gasteiger partial charge in [-0.15, -0.1) is 0 Å². The van der Waals surface area contributed by atoms with E-state index >= 15 is 0 Å². The maximum atomic E-state index is 11.0. The summed E-state index contributed by atoms with van der Waals surface area (Å²) >= 11 is 5.21. The predicted molar refractivity (Wildman–Crippen MR) is 115 cm³/mol. The average molecular weight is 399 g/mol. The zero-order valence-corrected chi connectivity index (χ0v) is 15.4. The van der Waals surface area contributed by atoms with E-state index in [1.807, 2.05) is 54.6 Å². The van der Waals surface area contributed by atoms with Crippen molar-refractivity contribution in [3.8, 4) is 0 Å². The molecular formula is C22H23ClN2O3. The number of nitrogens with one attached hydrogen (secondary N) is 1. The van der Waals surface area contributed by atoms with Crippen molar-refractivity contribution in [2.75, 3.05) is 18.2 Å². The third-order valence-electron chi connectivity index (χ3n) is 3.55. The highest BCUT2D eigenvalue weighted by Crippen LogP contribution is 2.21. The Morgan fingerprint density at radius 3 is 1.93 bits per heavy atom. The average Bonchev–Trinajstić information content (AvgIpc) is 2.70. The number of nitrogen functional groups attached to an aromatic ring is 1. The van der Waals surface area contributed by atoms with Crippen molar-refractivity contribution in [3.63, 3.8) is 0 Å². The van der Waals surface area contributed by atoms with Gasteiger partial charge in [0.15, 0.2) is 0 Å². The van der Waals surface area contributed by atoms with Gasteiger partial charge in [-0.1, -0.05) is 37.8 Å². The second kappa shape index (κ2) is 11.4. The first-order chi connectivity index (χ1) is 13.0. The second-order valence-electron chi connectivity index (χ2n) is 5.42. The molecule has 0 fully saturated rings. The summed E-state index contributed by atoms with van der Waals surface area (Å²) in [7, 11) is 1.29. The first kappa shape index (κ1) is 22.7. The molecule has 3 rings (SSSR count). The number of carbonyl (C=O) groups is 2. The zero-order chi connectivity index (χ0) is 19.6. The van der Waals surface area contributed by atoms with E-state index in [0.717, 1.165) is 17.1 Å². The summed E-state index contributed by atoms with van der Waals surface area (Å²) in [4.78, 5) is 21.6. The smallest absolute Gasteiger partial charge is 0.337 e. The number of ether oxygens (including phenoxy) is 1. The molecule has 0 aliphatic carbocycles. The van der Waals surface area contributed by atoms with Crippen molar-refractivity contribution >= 4 is 39.9 Å². The molecule has 0 spiro atoms. The van der Waals surface area contributed by atoms with Crippen molar-refractivity contribution in [1.29, 1.82) is 0 Å². The van der Waals surface area contributed by atoms with Crippen LogP contribution in [0.4, 0.5) is 17.1 Å². The van der Waals surface area contributed by atoms with Crippen molar-refractivity contribution in [2.24, 2.45) is 0 Å². The van der Waals surface area contributed by atoms with Crippen molar-refractivity contribution in [1.82, 2.24) is 0 Å². The number of hydrogen-bond acceptors (Lipinski definition) is 5. The third kappa shape index (κ3) is 6.78. The number of anilines is 3. The molecule has 28 heavy (non-hydrogen) atoms. The molecule has 6 heteroatoms. The standard InChI is InChI=1S/C12H12N2.C9H7ClO3.CH4/c13-11-8-4-5-9-12(11)14-10-6-2-1-3-7-10;1-13-9(12)7-4-2-6(3-5-7)8(10)11;/h1-9,14H,13H2;2-5H,1H3;1H4. The van der Waals surface area contributed by atoms with Crippen LogP contribution in [0.2, 0.25) is 0 Å². The quantitative estimate of drug-likeness (QED) is 0.344. The molecule has 0 aromatic heterocycles. The molecule has 0 aliphatic heterocycles. The molecule has 0 unspecified atom stereocenters. The number of methoxy groups -OCH3 is 1. The molecule has 3 aromatic carbocycles. The number of esters is 1. The monoisotopic (exact) mass is 398 g/mol. The lowest BCUT2D eigenvalue weighted by atomic mass is 10.1. The first-order valence-electron chi connectivity index (χ1n) is 8.06. The normalized spacial score (nSPS) is 9.21. The molecule has 0 bridgehead atoms. The maximum Gasteiger partial charge on any atom is 0.337 e. The van der Waals surface area contributed by atoms with Crippen LogP contribution in [0.25, 0.3) is 0 Å². The van der Waals surface area contributed by atoms with E-state index in [2.05, 4.69) is 10.1 Å². The van der Waals surface area contributed by atoms with Crippen LogP contribution in [0.5, 0.6) is 0 Å². The number of para-hydroxylation sites is 3. The van der Waals surface area contributed by atoms with E-state index in [9.17, 15) is 9.59 Å². The van der Waals surface area contributed by atoms with E-state index in [1.165, 1.54) is 31.4 Å². The van der Waals surface area contributed by atoms with Gasteiger partial charge in [-0.25, -0.2) is 4.79 Å². The van der Waals surface area contributed by atoms with Gasteiger partial charge in [0.2, 0.25) is 0 Å². The summed E-state index contributed by atoms with van der Waals surface area (Å²) in [5.74, 6) is -0.437. The van der Waals surface area contributed by atoms with Gasteiger partial charge in [0.25, 0.3) is 5.24 Å². The number of carbonyl (C=O) groups excluding carboxylic acids is 2. The van der Waals surface area contributed by atoms with E-state index < -0.39 is 11.2 Å². The van der Waals surface area contributed by atoms with Crippen molar-refractivity contribution in [3.05, 3.63) is 90.0 Å². The highest BCUT2D eigenvalue weighted by Gasteiger charge is 2.06. The molecule has 3 aromatic rings. The van der Waals surface area contributed by atoms with Crippen LogP contribution < -0.4 is 11.1 Å². The minimum atomic E-state index is -0.545. The second-order valence-corrected chi connectivity index (χ2v) is 5.76. The summed E-state index contributed by atoms with van der Waals surface area (Å²) in [5.41, 5.74) is 9.30. The van der Waals surface area contributed by atoms with Crippen LogP contribution in [-0.2, 0) is 4.74 Å². The van der Waals surface area contributed by atoms with Gasteiger partial charge in [0.05, 0.1) is 24.0 Å². The molecular weight excluding hydrogens is 376 g/mol. The van der Waals surface area contributed by atoms with Gasteiger partial charge >= 0.3 is 5.97 Å². The fourth-order valence-electron chi connectivity index (χ4n) is 2.14. The van der Waals surface area contributed by atoms with Crippen LogP contribution in [-0.4, -0.2) is 18.3 Å². The Morgan fingerprint density at radius 1 is 0.857 bits per heavy atom. The van der Waals surface area contributed by atoms with Crippen molar-refractivity contribution in [2.45, 2.75) is 7.43 Å². The van der Waals surface area contributed by atoms with Crippen LogP contribution in [0, 0.1) is 0 Å². The topological polar surface area (TPSA) is 81.4 Å². The minimum Gasteiger partial charge on any atom is -0.465 e. The Labute approximate surface area is 170 Å². The third-order valence-corrected chi connectivity index (χ3v) is 3.76. The van der Waals surface area contributed by atoms with Gasteiger partial charge in [-0.2, -0.15) is 0 Å². The largest absolute Gasteiger partial charge is 0.465 e. The molecule has 146 valence electrons. The Balaban J connectivity index is 0.000000271. The molecule has 0 heterocycles. The number of rotatable bonds is 4. The van der Waals surface area contributed by atoms with E-state index in [0.29, 0.717) is 11.1 Å². The minimum absolute atomic E-state index is 0. The Kier molecular flexibility index (Phi) is 9.27. The number of nitrogens with two attached hydrogens (primary N) is 1. The van der Waals surface area contributed by atoms with Gasteiger partial charge < -0.3 is 15.8 Å². The lowest BCUT2D eigenvalue weighted by Crippen LogP contribution is -2.01.